The number of nitrogens with one attached hydrogen (secondary N) is 1. The van der Waals surface area contributed by atoms with Gasteiger partial charge in [0.15, 0.2) is 0 Å². The molecular weight excluding hydrogens is 284 g/mol. The molecule has 122 valence electrons. The predicted octanol–water partition coefficient (Wildman–Crippen LogP) is 2.22. The average molecular weight is 308 g/mol. The molecule has 1 aromatic carbocycles. The molecule has 0 aliphatic rings. The van der Waals surface area contributed by atoms with E-state index in [1.807, 2.05) is 19.0 Å². The monoisotopic (exact) mass is 308 g/mol. The molecule has 0 fully saturated rings. The highest BCUT2D eigenvalue weighted by Gasteiger charge is 2.20. The number of alkyl carbamates (subject to hydrolysis) is 1. The molecule has 0 radical (unpaired) electrons. The number of benzene rings is 1. The van der Waals surface area contributed by atoms with Gasteiger partial charge in [-0.15, -0.1) is 0 Å². The van der Waals surface area contributed by atoms with Gasteiger partial charge in [0.2, 0.25) is 0 Å². The van der Waals surface area contributed by atoms with Crippen molar-refractivity contribution in [3.05, 3.63) is 29.3 Å². The van der Waals surface area contributed by atoms with Crippen molar-refractivity contribution in [3.8, 4) is 5.75 Å². The summed E-state index contributed by atoms with van der Waals surface area (Å²) in [6.07, 6.45) is -0.0257. The van der Waals surface area contributed by atoms with E-state index in [9.17, 15) is 14.7 Å². The van der Waals surface area contributed by atoms with Crippen LogP contribution >= 0.6 is 0 Å². The number of amides is 1. The van der Waals surface area contributed by atoms with Crippen LogP contribution in [0.4, 0.5) is 4.79 Å². The number of carbonyl (C=O) groups is 2. The Morgan fingerprint density at radius 1 is 1.41 bits per heavy atom. The molecule has 0 bridgehead atoms. The van der Waals surface area contributed by atoms with Crippen molar-refractivity contribution >= 4 is 12.4 Å². The molecule has 0 aliphatic heterocycles. The molecule has 22 heavy (non-hydrogen) atoms. The lowest BCUT2D eigenvalue weighted by atomic mass is 10.0. The molecule has 1 atom stereocenters. The average Bonchev–Trinajstić information content (AvgIpc) is 2.36. The van der Waals surface area contributed by atoms with Gasteiger partial charge >= 0.3 is 6.09 Å². The number of aromatic hydroxyl groups is 1. The lowest BCUT2D eigenvalue weighted by molar-refractivity contribution is -0.109. The third-order valence-corrected chi connectivity index (χ3v) is 2.76. The molecule has 1 rings (SSSR count). The van der Waals surface area contributed by atoms with Gasteiger partial charge in [0.1, 0.15) is 23.7 Å². The summed E-state index contributed by atoms with van der Waals surface area (Å²) >= 11 is 0. The molecule has 0 spiro atoms. The Labute approximate surface area is 131 Å². The van der Waals surface area contributed by atoms with Crippen LogP contribution in [-0.2, 0) is 16.1 Å². The van der Waals surface area contributed by atoms with E-state index in [-0.39, 0.29) is 5.75 Å². The Bertz CT molecular complexity index is 535. The molecule has 2 N–H and O–H groups in total. The van der Waals surface area contributed by atoms with Crippen LogP contribution < -0.4 is 5.32 Å². The zero-order valence-electron chi connectivity index (χ0n) is 13.7. The second-order valence-corrected chi connectivity index (χ2v) is 6.39. The summed E-state index contributed by atoms with van der Waals surface area (Å²) in [4.78, 5) is 25.0. The predicted molar refractivity (Wildman–Crippen MR) is 83.7 cm³/mol. The van der Waals surface area contributed by atoms with E-state index in [1.165, 1.54) is 6.07 Å². The molecule has 0 aromatic heterocycles. The number of nitrogens with zero attached hydrogens (tertiary/aromatic N) is 1. The third kappa shape index (κ3) is 5.73. The van der Waals surface area contributed by atoms with Crippen LogP contribution in [0.1, 0.15) is 37.9 Å². The van der Waals surface area contributed by atoms with E-state index >= 15 is 0 Å². The van der Waals surface area contributed by atoms with Crippen molar-refractivity contribution in [2.24, 2.45) is 0 Å². The number of carbonyl (C=O) groups excluding carboxylic acids is 2. The van der Waals surface area contributed by atoms with Gasteiger partial charge in [-0.05, 0) is 52.6 Å². The fraction of sp³-hybridized carbons (Fsp3) is 0.500. The number of phenols is 1. The normalized spacial score (nSPS) is 12.8. The molecule has 1 aromatic rings. The Kier molecular flexibility index (Phi) is 5.93. The standard InChI is InChI=1S/C16H24N2O4/c1-16(2,3)22-15(21)17-13(10-19)11-6-7-14(20)12(8-11)9-18(4)5/h6-8,10,13,20H,9H2,1-5H3,(H,17,21). The van der Waals surface area contributed by atoms with E-state index in [0.717, 1.165) is 0 Å². The number of rotatable bonds is 5. The van der Waals surface area contributed by atoms with Crippen molar-refractivity contribution < 1.29 is 19.4 Å². The van der Waals surface area contributed by atoms with Crippen molar-refractivity contribution in [1.82, 2.24) is 10.2 Å². The van der Waals surface area contributed by atoms with E-state index < -0.39 is 17.7 Å². The second kappa shape index (κ2) is 7.26. The smallest absolute Gasteiger partial charge is 0.408 e. The maximum absolute atomic E-state index is 11.8. The molecule has 0 heterocycles. The van der Waals surface area contributed by atoms with Crippen LogP contribution in [-0.4, -0.2) is 42.1 Å². The van der Waals surface area contributed by atoms with Gasteiger partial charge in [0.25, 0.3) is 0 Å². The molecule has 6 heteroatoms. The zero-order chi connectivity index (χ0) is 16.9. The molecule has 1 unspecified atom stereocenters. The number of aldehydes is 1. The fourth-order valence-corrected chi connectivity index (χ4v) is 1.90. The zero-order valence-corrected chi connectivity index (χ0v) is 13.7. The summed E-state index contributed by atoms with van der Waals surface area (Å²) in [6, 6.07) is 3.99. The molecular formula is C16H24N2O4. The Morgan fingerprint density at radius 2 is 2.05 bits per heavy atom. The highest BCUT2D eigenvalue weighted by atomic mass is 16.6. The summed E-state index contributed by atoms with van der Waals surface area (Å²) in [5, 5.41) is 12.4. The van der Waals surface area contributed by atoms with Crippen LogP contribution in [0.25, 0.3) is 0 Å². The van der Waals surface area contributed by atoms with Crippen LogP contribution in [0.3, 0.4) is 0 Å². The molecule has 0 aliphatic carbocycles. The molecule has 1 amide bonds. The molecule has 0 saturated carbocycles. The van der Waals surface area contributed by atoms with Gasteiger partial charge in [-0.25, -0.2) is 4.79 Å². The quantitative estimate of drug-likeness (QED) is 0.815. The largest absolute Gasteiger partial charge is 0.508 e. The van der Waals surface area contributed by atoms with Gasteiger partial charge in [0, 0.05) is 12.1 Å². The van der Waals surface area contributed by atoms with Gasteiger partial charge in [0.05, 0.1) is 0 Å². The van der Waals surface area contributed by atoms with E-state index in [2.05, 4.69) is 5.32 Å². The van der Waals surface area contributed by atoms with E-state index in [0.29, 0.717) is 24.0 Å². The number of hydrogen-bond donors (Lipinski definition) is 2. The minimum Gasteiger partial charge on any atom is -0.508 e. The lowest BCUT2D eigenvalue weighted by Crippen LogP contribution is -2.35. The highest BCUT2D eigenvalue weighted by molar-refractivity contribution is 5.74. The van der Waals surface area contributed by atoms with Crippen molar-refractivity contribution in [3.63, 3.8) is 0 Å². The highest BCUT2D eigenvalue weighted by Crippen LogP contribution is 2.23. The first kappa shape index (κ1) is 18.0. The van der Waals surface area contributed by atoms with Gasteiger partial charge in [-0.1, -0.05) is 6.07 Å². The van der Waals surface area contributed by atoms with Gasteiger partial charge in [-0.2, -0.15) is 0 Å². The first-order valence-corrected chi connectivity index (χ1v) is 7.03. The SMILES string of the molecule is CN(C)Cc1cc(C(C=O)NC(=O)OC(C)(C)C)ccc1O. The topological polar surface area (TPSA) is 78.9 Å². The van der Waals surface area contributed by atoms with Crippen LogP contribution in [0.15, 0.2) is 18.2 Å². The summed E-state index contributed by atoms with van der Waals surface area (Å²) < 4.78 is 5.14. The first-order valence-electron chi connectivity index (χ1n) is 7.03. The second-order valence-electron chi connectivity index (χ2n) is 6.39. The van der Waals surface area contributed by atoms with Crippen molar-refractivity contribution in [2.75, 3.05) is 14.1 Å². The van der Waals surface area contributed by atoms with Crippen LogP contribution in [0, 0.1) is 0 Å². The fourth-order valence-electron chi connectivity index (χ4n) is 1.90. The van der Waals surface area contributed by atoms with Gasteiger partial charge < -0.3 is 24.9 Å². The molecule has 6 nitrogen and oxygen atoms in total. The Morgan fingerprint density at radius 3 is 2.55 bits per heavy atom. The third-order valence-electron chi connectivity index (χ3n) is 2.76. The van der Waals surface area contributed by atoms with Gasteiger partial charge in [-0.3, -0.25) is 0 Å². The number of ether oxygens (including phenoxy) is 1. The summed E-state index contributed by atoms with van der Waals surface area (Å²) in [5.41, 5.74) is 0.638. The Balaban J connectivity index is 2.91. The number of phenolic OH excluding ortho intramolecular Hbond substituents is 1. The van der Waals surface area contributed by atoms with Crippen molar-refractivity contribution in [1.29, 1.82) is 0 Å². The first-order chi connectivity index (χ1) is 10.1. The number of hydrogen-bond acceptors (Lipinski definition) is 5. The minimum absolute atomic E-state index is 0.152. The van der Waals surface area contributed by atoms with Crippen molar-refractivity contribution in [2.45, 2.75) is 39.0 Å². The maximum atomic E-state index is 11.8. The van der Waals surface area contributed by atoms with Crippen LogP contribution in [0.2, 0.25) is 0 Å². The van der Waals surface area contributed by atoms with E-state index in [1.54, 1.807) is 32.9 Å². The maximum Gasteiger partial charge on any atom is 0.408 e. The molecule has 0 saturated heterocycles. The van der Waals surface area contributed by atoms with E-state index in [4.69, 9.17) is 4.74 Å². The summed E-state index contributed by atoms with van der Waals surface area (Å²) in [7, 11) is 3.75. The lowest BCUT2D eigenvalue weighted by Gasteiger charge is -2.22. The summed E-state index contributed by atoms with van der Waals surface area (Å²) in [6.45, 7) is 5.77. The Hall–Kier alpha value is -2.08. The van der Waals surface area contributed by atoms with Crippen LogP contribution in [0.5, 0.6) is 5.75 Å². The summed E-state index contributed by atoms with van der Waals surface area (Å²) in [5.74, 6) is 0.152. The minimum atomic E-state index is -0.823.